The molecule has 1 aromatic heterocycles. The van der Waals surface area contributed by atoms with Crippen LogP contribution in [-0.4, -0.2) is 52.3 Å². The zero-order valence-electron chi connectivity index (χ0n) is 16.6. The van der Waals surface area contributed by atoms with E-state index in [1.54, 1.807) is 37.3 Å². The van der Waals surface area contributed by atoms with Gasteiger partial charge in [0, 0.05) is 30.3 Å². The van der Waals surface area contributed by atoms with Crippen LogP contribution in [0.25, 0.3) is 0 Å². The highest BCUT2D eigenvalue weighted by Gasteiger charge is 2.20. The summed E-state index contributed by atoms with van der Waals surface area (Å²) in [6.07, 6.45) is 0.880. The van der Waals surface area contributed by atoms with Gasteiger partial charge in [0.05, 0.1) is 34.9 Å². The molecular weight excluding hydrogens is 366 g/mol. The summed E-state index contributed by atoms with van der Waals surface area (Å²) in [4.78, 5) is 20.8. The molecule has 0 unspecified atom stereocenters. The second-order valence-electron chi connectivity index (χ2n) is 6.51. The minimum atomic E-state index is -0.117. The van der Waals surface area contributed by atoms with Crippen molar-refractivity contribution in [3.05, 3.63) is 47.7 Å². The van der Waals surface area contributed by atoms with Crippen molar-refractivity contribution in [1.29, 1.82) is 0 Å². The molecule has 148 valence electrons. The Kier molecular flexibility index (Phi) is 9.05. The third-order valence-electron chi connectivity index (χ3n) is 4.05. The van der Waals surface area contributed by atoms with Gasteiger partial charge in [0.15, 0.2) is 0 Å². The first-order chi connectivity index (χ1) is 12.4. The van der Waals surface area contributed by atoms with Gasteiger partial charge in [-0.3, -0.25) is 9.69 Å². The van der Waals surface area contributed by atoms with E-state index in [0.717, 1.165) is 18.7 Å². The number of methoxy groups -OCH3 is 2. The van der Waals surface area contributed by atoms with E-state index in [4.69, 9.17) is 9.47 Å². The quantitative estimate of drug-likeness (QED) is 0.599. The van der Waals surface area contributed by atoms with E-state index in [2.05, 4.69) is 19.1 Å². The Morgan fingerprint density at radius 2 is 1.74 bits per heavy atom. The van der Waals surface area contributed by atoms with Crippen molar-refractivity contribution < 1.29 is 31.6 Å². The number of carbonyl (C=O) groups excluding carboxylic acids is 1. The van der Waals surface area contributed by atoms with Crippen LogP contribution in [-0.2, 0) is 0 Å². The summed E-state index contributed by atoms with van der Waals surface area (Å²) in [5, 5.41) is 0. The average Bonchev–Trinajstić information content (AvgIpc) is 2.64. The summed E-state index contributed by atoms with van der Waals surface area (Å²) in [7, 11) is 7.35. The molecule has 1 amide bonds. The summed E-state index contributed by atoms with van der Waals surface area (Å²) in [5.74, 6) is 1.71. The van der Waals surface area contributed by atoms with E-state index in [0.29, 0.717) is 29.4 Å². The molecule has 27 heavy (non-hydrogen) atoms. The fourth-order valence-electron chi connectivity index (χ4n) is 2.68. The SMILES string of the molecule is COc1cc(OC)cc(C(=O)N(CCC[NH+](C)C)c2cccc(C)n2)c1.[Cl-]. The van der Waals surface area contributed by atoms with Gasteiger partial charge in [0.2, 0.25) is 0 Å². The van der Waals surface area contributed by atoms with Crippen LogP contribution in [0, 0.1) is 6.92 Å². The minimum absolute atomic E-state index is 0. The Morgan fingerprint density at radius 3 is 2.26 bits per heavy atom. The van der Waals surface area contributed by atoms with Crippen LogP contribution >= 0.6 is 0 Å². The molecule has 0 aliphatic rings. The van der Waals surface area contributed by atoms with Crippen LogP contribution in [0.15, 0.2) is 36.4 Å². The van der Waals surface area contributed by atoms with Gasteiger partial charge >= 0.3 is 0 Å². The first kappa shape index (κ1) is 22.7. The maximum absolute atomic E-state index is 13.2. The van der Waals surface area contributed by atoms with Crippen LogP contribution in [0.2, 0.25) is 0 Å². The molecule has 1 aromatic carbocycles. The molecule has 2 rings (SSSR count). The standard InChI is InChI=1S/C20H27N3O3.ClH/c1-15-8-6-9-19(21-15)23(11-7-10-22(2)3)20(24)16-12-17(25-4)14-18(13-16)26-5;/h6,8-9,12-14H,7,10-11H2,1-5H3;1H. The van der Waals surface area contributed by atoms with Gasteiger partial charge in [-0.05, 0) is 31.2 Å². The molecule has 1 heterocycles. The van der Waals surface area contributed by atoms with Gasteiger partial charge in [-0.15, -0.1) is 0 Å². The third-order valence-corrected chi connectivity index (χ3v) is 4.05. The zero-order valence-corrected chi connectivity index (χ0v) is 17.3. The molecule has 0 aliphatic carbocycles. The minimum Gasteiger partial charge on any atom is -1.00 e. The maximum atomic E-state index is 13.2. The van der Waals surface area contributed by atoms with Crippen LogP contribution in [0.5, 0.6) is 11.5 Å². The second-order valence-corrected chi connectivity index (χ2v) is 6.51. The number of ether oxygens (including phenoxy) is 2. The van der Waals surface area contributed by atoms with Crippen LogP contribution in [0.3, 0.4) is 0 Å². The van der Waals surface area contributed by atoms with Crippen molar-refractivity contribution in [3.8, 4) is 11.5 Å². The number of benzene rings is 1. The summed E-state index contributed by atoms with van der Waals surface area (Å²) in [6.45, 7) is 3.49. The number of halogens is 1. The molecule has 0 spiro atoms. The lowest BCUT2D eigenvalue weighted by Gasteiger charge is -2.23. The highest BCUT2D eigenvalue weighted by Crippen LogP contribution is 2.25. The summed E-state index contributed by atoms with van der Waals surface area (Å²) < 4.78 is 10.6. The van der Waals surface area contributed by atoms with Crippen molar-refractivity contribution in [1.82, 2.24) is 4.98 Å². The first-order valence-electron chi connectivity index (χ1n) is 8.72. The summed E-state index contributed by atoms with van der Waals surface area (Å²) in [6, 6.07) is 10.9. The second kappa shape index (κ2) is 10.7. The zero-order chi connectivity index (χ0) is 19.1. The molecule has 1 N–H and O–H groups in total. The molecule has 0 fully saturated rings. The van der Waals surface area contributed by atoms with Crippen molar-refractivity contribution in [2.75, 3.05) is 46.3 Å². The molecule has 0 saturated carbocycles. The molecule has 0 saturated heterocycles. The lowest BCUT2D eigenvalue weighted by molar-refractivity contribution is -0.858. The molecule has 0 aliphatic heterocycles. The van der Waals surface area contributed by atoms with Gasteiger partial charge in [0.1, 0.15) is 17.3 Å². The lowest BCUT2D eigenvalue weighted by atomic mass is 10.1. The maximum Gasteiger partial charge on any atom is 0.259 e. The topological polar surface area (TPSA) is 56.1 Å². The normalized spacial score (nSPS) is 10.3. The van der Waals surface area contributed by atoms with Crippen molar-refractivity contribution in [3.63, 3.8) is 0 Å². The van der Waals surface area contributed by atoms with E-state index >= 15 is 0 Å². The van der Waals surface area contributed by atoms with Crippen molar-refractivity contribution >= 4 is 11.7 Å². The van der Waals surface area contributed by atoms with E-state index in [1.807, 2.05) is 25.1 Å². The molecule has 6 nitrogen and oxygen atoms in total. The van der Waals surface area contributed by atoms with Crippen LogP contribution in [0.4, 0.5) is 5.82 Å². The molecule has 2 aromatic rings. The molecule has 0 bridgehead atoms. The molecule has 0 radical (unpaired) electrons. The Hall–Kier alpha value is -2.31. The Morgan fingerprint density at radius 1 is 1.11 bits per heavy atom. The van der Waals surface area contributed by atoms with Gasteiger partial charge in [-0.25, -0.2) is 4.98 Å². The van der Waals surface area contributed by atoms with Crippen LogP contribution < -0.4 is 31.7 Å². The van der Waals surface area contributed by atoms with Gasteiger partial charge in [0.25, 0.3) is 5.91 Å². The van der Waals surface area contributed by atoms with E-state index in [9.17, 15) is 4.79 Å². The molecule has 0 atom stereocenters. The molecular formula is C20H28ClN3O3. The van der Waals surface area contributed by atoms with E-state index in [1.165, 1.54) is 4.90 Å². The van der Waals surface area contributed by atoms with Gasteiger partial charge in [-0.1, -0.05) is 6.07 Å². The largest absolute Gasteiger partial charge is 1.00 e. The highest BCUT2D eigenvalue weighted by molar-refractivity contribution is 6.06. The summed E-state index contributed by atoms with van der Waals surface area (Å²) in [5.41, 5.74) is 1.39. The number of quaternary nitrogens is 1. The van der Waals surface area contributed by atoms with Crippen molar-refractivity contribution in [2.45, 2.75) is 13.3 Å². The van der Waals surface area contributed by atoms with Crippen LogP contribution in [0.1, 0.15) is 22.5 Å². The predicted molar refractivity (Wildman–Crippen MR) is 102 cm³/mol. The van der Waals surface area contributed by atoms with Crippen molar-refractivity contribution in [2.24, 2.45) is 0 Å². The number of aromatic nitrogens is 1. The fraction of sp³-hybridized carbons (Fsp3) is 0.400. The number of aryl methyl sites for hydroxylation is 1. The number of amides is 1. The number of nitrogens with one attached hydrogen (secondary N) is 1. The number of pyridine rings is 1. The average molecular weight is 394 g/mol. The fourth-order valence-corrected chi connectivity index (χ4v) is 2.68. The van der Waals surface area contributed by atoms with Gasteiger partial charge < -0.3 is 26.8 Å². The molecule has 7 heteroatoms. The predicted octanol–water partition coefficient (Wildman–Crippen LogP) is -1.41. The number of carbonyl (C=O) groups is 1. The number of hydrogen-bond donors (Lipinski definition) is 1. The smallest absolute Gasteiger partial charge is 0.259 e. The number of hydrogen-bond acceptors (Lipinski definition) is 4. The van der Waals surface area contributed by atoms with E-state index in [-0.39, 0.29) is 18.3 Å². The highest BCUT2D eigenvalue weighted by atomic mass is 35.5. The lowest BCUT2D eigenvalue weighted by Crippen LogP contribution is -3.05. The third kappa shape index (κ3) is 6.41. The monoisotopic (exact) mass is 393 g/mol. The number of anilines is 1. The Bertz CT molecular complexity index is 731. The number of rotatable bonds is 8. The first-order valence-corrected chi connectivity index (χ1v) is 8.72. The summed E-state index contributed by atoms with van der Waals surface area (Å²) >= 11 is 0. The number of nitrogens with zero attached hydrogens (tertiary/aromatic N) is 2. The van der Waals surface area contributed by atoms with E-state index < -0.39 is 0 Å². The Balaban J connectivity index is 0.00000364. The Labute approximate surface area is 167 Å². The van der Waals surface area contributed by atoms with Gasteiger partial charge in [-0.2, -0.15) is 0 Å².